The number of amides is 1. The van der Waals surface area contributed by atoms with E-state index in [1.165, 1.54) is 35.5 Å². The van der Waals surface area contributed by atoms with Gasteiger partial charge in [-0.1, -0.05) is 11.6 Å². The second kappa shape index (κ2) is 7.16. The summed E-state index contributed by atoms with van der Waals surface area (Å²) in [6, 6.07) is 5.18. The van der Waals surface area contributed by atoms with Crippen molar-refractivity contribution in [2.24, 2.45) is 0 Å². The van der Waals surface area contributed by atoms with Crippen LogP contribution < -0.4 is 5.32 Å². The monoisotopic (exact) mass is 398 g/mol. The standard InChI is InChI=1S/C16H16ClFN4O3S/c1-22(11-4-5-26(24,25)8-11)16(23)14-7-15(20-9-19-14)21-10-2-3-13(18)12(17)6-10/h2-3,6-7,9,11H,4-5,8H2,1H3,(H,19,20,21). The number of hydrogen-bond donors (Lipinski definition) is 1. The summed E-state index contributed by atoms with van der Waals surface area (Å²) in [7, 11) is -1.54. The third-order valence-electron chi connectivity index (χ3n) is 4.15. The van der Waals surface area contributed by atoms with Crippen molar-refractivity contribution in [3.05, 3.63) is 47.1 Å². The number of carbonyl (C=O) groups is 1. The van der Waals surface area contributed by atoms with Crippen molar-refractivity contribution in [1.82, 2.24) is 14.9 Å². The summed E-state index contributed by atoms with van der Waals surface area (Å²) >= 11 is 5.74. The minimum absolute atomic E-state index is 0.0393. The lowest BCUT2D eigenvalue weighted by atomic mass is 10.2. The molecule has 3 rings (SSSR count). The first-order chi connectivity index (χ1) is 12.2. The van der Waals surface area contributed by atoms with E-state index in [9.17, 15) is 17.6 Å². The van der Waals surface area contributed by atoms with Crippen LogP contribution in [0.3, 0.4) is 0 Å². The van der Waals surface area contributed by atoms with Crippen molar-refractivity contribution >= 4 is 38.9 Å². The van der Waals surface area contributed by atoms with E-state index >= 15 is 0 Å². The number of aromatic nitrogens is 2. The molecule has 0 saturated carbocycles. The van der Waals surface area contributed by atoms with Crippen molar-refractivity contribution in [1.29, 1.82) is 0 Å². The Labute approximate surface area is 155 Å². The first-order valence-corrected chi connectivity index (χ1v) is 9.97. The van der Waals surface area contributed by atoms with E-state index in [2.05, 4.69) is 15.3 Å². The lowest BCUT2D eigenvalue weighted by molar-refractivity contribution is 0.0741. The van der Waals surface area contributed by atoms with E-state index in [1.54, 1.807) is 7.05 Å². The predicted molar refractivity (Wildman–Crippen MR) is 95.9 cm³/mol. The molecule has 1 fully saturated rings. The summed E-state index contributed by atoms with van der Waals surface area (Å²) < 4.78 is 36.4. The summed E-state index contributed by atoms with van der Waals surface area (Å²) in [5.74, 6) is -0.562. The number of nitrogens with one attached hydrogen (secondary N) is 1. The molecule has 1 saturated heterocycles. The zero-order valence-corrected chi connectivity index (χ0v) is 15.4. The quantitative estimate of drug-likeness (QED) is 0.849. The van der Waals surface area contributed by atoms with Crippen LogP contribution in [0.2, 0.25) is 5.02 Å². The summed E-state index contributed by atoms with van der Waals surface area (Å²) in [4.78, 5) is 22.0. The fraction of sp³-hybridized carbons (Fsp3) is 0.312. The topological polar surface area (TPSA) is 92.3 Å². The van der Waals surface area contributed by atoms with E-state index < -0.39 is 21.6 Å². The van der Waals surface area contributed by atoms with Gasteiger partial charge in [0, 0.05) is 24.8 Å². The van der Waals surface area contributed by atoms with Crippen LogP contribution in [0.5, 0.6) is 0 Å². The van der Waals surface area contributed by atoms with Gasteiger partial charge in [-0.2, -0.15) is 0 Å². The number of hydrogen-bond acceptors (Lipinski definition) is 6. The normalized spacial score (nSPS) is 18.5. The Bertz CT molecular complexity index is 954. The third-order valence-corrected chi connectivity index (χ3v) is 6.19. The third kappa shape index (κ3) is 4.10. The van der Waals surface area contributed by atoms with Gasteiger partial charge < -0.3 is 10.2 Å². The van der Waals surface area contributed by atoms with Gasteiger partial charge in [0.15, 0.2) is 9.84 Å². The van der Waals surface area contributed by atoms with Crippen LogP contribution in [-0.4, -0.2) is 53.8 Å². The lowest BCUT2D eigenvalue weighted by Gasteiger charge is -2.23. The van der Waals surface area contributed by atoms with Crippen molar-refractivity contribution in [2.45, 2.75) is 12.5 Å². The number of nitrogens with zero attached hydrogens (tertiary/aromatic N) is 3. The van der Waals surface area contributed by atoms with Gasteiger partial charge in [-0.05, 0) is 24.6 Å². The fourth-order valence-electron chi connectivity index (χ4n) is 2.69. The van der Waals surface area contributed by atoms with Crippen molar-refractivity contribution < 1.29 is 17.6 Å². The van der Waals surface area contributed by atoms with E-state index in [0.29, 0.717) is 17.9 Å². The highest BCUT2D eigenvalue weighted by atomic mass is 35.5. The van der Waals surface area contributed by atoms with Gasteiger partial charge in [-0.3, -0.25) is 4.79 Å². The lowest BCUT2D eigenvalue weighted by Crippen LogP contribution is -2.38. The fourth-order valence-corrected chi connectivity index (χ4v) is 4.65. The van der Waals surface area contributed by atoms with Crippen LogP contribution in [0, 0.1) is 5.82 Å². The van der Waals surface area contributed by atoms with Gasteiger partial charge in [-0.15, -0.1) is 0 Å². The van der Waals surface area contributed by atoms with Crippen LogP contribution >= 0.6 is 11.6 Å². The minimum atomic E-state index is -3.09. The molecule has 2 heterocycles. The first-order valence-electron chi connectivity index (χ1n) is 7.77. The number of carbonyl (C=O) groups excluding carboxylic acids is 1. The number of rotatable bonds is 4. The molecule has 0 bridgehead atoms. The maximum absolute atomic E-state index is 13.2. The molecule has 1 unspecified atom stereocenters. The molecular formula is C16H16ClFN4O3S. The Kier molecular flexibility index (Phi) is 5.10. The molecule has 0 radical (unpaired) electrons. The molecule has 1 N–H and O–H groups in total. The van der Waals surface area contributed by atoms with E-state index in [-0.39, 0.29) is 28.3 Å². The maximum Gasteiger partial charge on any atom is 0.272 e. The highest BCUT2D eigenvalue weighted by Gasteiger charge is 2.33. The Hall–Kier alpha value is -2.26. The molecule has 0 aliphatic carbocycles. The minimum Gasteiger partial charge on any atom is -0.340 e. The summed E-state index contributed by atoms with van der Waals surface area (Å²) in [6.07, 6.45) is 1.63. The zero-order valence-electron chi connectivity index (χ0n) is 13.8. The predicted octanol–water partition coefficient (Wildman–Crippen LogP) is 2.27. The largest absolute Gasteiger partial charge is 0.340 e. The highest BCUT2D eigenvalue weighted by molar-refractivity contribution is 7.91. The summed E-state index contributed by atoms with van der Waals surface area (Å²) in [5, 5.41) is 2.88. The molecular weight excluding hydrogens is 383 g/mol. The Morgan fingerprint density at radius 2 is 2.12 bits per heavy atom. The zero-order chi connectivity index (χ0) is 18.9. The van der Waals surface area contributed by atoms with E-state index in [0.717, 1.165) is 0 Å². The molecule has 10 heteroatoms. The number of benzene rings is 1. The number of sulfone groups is 1. The maximum atomic E-state index is 13.2. The van der Waals surface area contributed by atoms with Crippen LogP contribution in [0.1, 0.15) is 16.9 Å². The molecule has 2 aromatic rings. The molecule has 7 nitrogen and oxygen atoms in total. The Balaban J connectivity index is 1.76. The van der Waals surface area contributed by atoms with Crippen LogP contribution in [0.15, 0.2) is 30.6 Å². The molecule has 26 heavy (non-hydrogen) atoms. The smallest absolute Gasteiger partial charge is 0.272 e. The van der Waals surface area contributed by atoms with Crippen molar-refractivity contribution in [3.8, 4) is 0 Å². The molecule has 1 atom stereocenters. The molecule has 1 aromatic heterocycles. The highest BCUT2D eigenvalue weighted by Crippen LogP contribution is 2.23. The molecule has 1 aliphatic heterocycles. The Morgan fingerprint density at radius 3 is 2.77 bits per heavy atom. The SMILES string of the molecule is CN(C(=O)c1cc(Nc2ccc(F)c(Cl)c2)ncn1)C1CCS(=O)(=O)C1. The second-order valence-corrected chi connectivity index (χ2v) is 8.65. The van der Waals surface area contributed by atoms with Crippen LogP contribution in [0.4, 0.5) is 15.9 Å². The van der Waals surface area contributed by atoms with Gasteiger partial charge in [0.25, 0.3) is 5.91 Å². The average Bonchev–Trinajstić information content (AvgIpc) is 2.97. The molecule has 0 spiro atoms. The summed E-state index contributed by atoms with van der Waals surface area (Å²) in [5.41, 5.74) is 0.631. The Morgan fingerprint density at radius 1 is 1.35 bits per heavy atom. The average molecular weight is 399 g/mol. The van der Waals surface area contributed by atoms with Gasteiger partial charge >= 0.3 is 0 Å². The molecule has 1 aliphatic rings. The molecule has 1 aromatic carbocycles. The van der Waals surface area contributed by atoms with Gasteiger partial charge in [-0.25, -0.2) is 22.8 Å². The molecule has 1 amide bonds. The van der Waals surface area contributed by atoms with Crippen LogP contribution in [0.25, 0.3) is 0 Å². The number of halogens is 2. The van der Waals surface area contributed by atoms with E-state index in [1.807, 2.05) is 0 Å². The van der Waals surface area contributed by atoms with Crippen LogP contribution in [-0.2, 0) is 9.84 Å². The number of anilines is 2. The first kappa shape index (κ1) is 18.5. The van der Waals surface area contributed by atoms with Crippen molar-refractivity contribution in [2.75, 3.05) is 23.9 Å². The van der Waals surface area contributed by atoms with Gasteiger partial charge in [0.2, 0.25) is 0 Å². The van der Waals surface area contributed by atoms with Gasteiger partial charge in [0.1, 0.15) is 23.7 Å². The molecule has 138 valence electrons. The van der Waals surface area contributed by atoms with E-state index in [4.69, 9.17) is 11.6 Å². The summed E-state index contributed by atoms with van der Waals surface area (Å²) in [6.45, 7) is 0. The second-order valence-electron chi connectivity index (χ2n) is 6.02. The van der Waals surface area contributed by atoms with Gasteiger partial charge in [0.05, 0.1) is 16.5 Å². The van der Waals surface area contributed by atoms with Crippen molar-refractivity contribution in [3.63, 3.8) is 0 Å².